The number of morpholine rings is 1. The molecule has 8 heteroatoms. The second kappa shape index (κ2) is 11.8. The molecule has 0 bridgehead atoms. The fraction of sp³-hybridized carbons (Fsp3) is 0.679. The summed E-state index contributed by atoms with van der Waals surface area (Å²) in [7, 11) is 0. The fourth-order valence-electron chi connectivity index (χ4n) is 4.80. The number of aromatic carboxylic acids is 1. The van der Waals surface area contributed by atoms with Crippen LogP contribution in [0.1, 0.15) is 81.8 Å². The van der Waals surface area contributed by atoms with Gasteiger partial charge in [-0.05, 0) is 64.4 Å². The first-order valence-corrected chi connectivity index (χ1v) is 13.8. The molecule has 2 fully saturated rings. The van der Waals surface area contributed by atoms with Gasteiger partial charge in [0.2, 0.25) is 11.8 Å². The third-order valence-corrected chi connectivity index (χ3v) is 7.84. The van der Waals surface area contributed by atoms with E-state index in [0.717, 1.165) is 37.0 Å². The number of amides is 2. The van der Waals surface area contributed by atoms with Crippen LogP contribution in [0.5, 0.6) is 0 Å². The van der Waals surface area contributed by atoms with Gasteiger partial charge in [0, 0.05) is 24.4 Å². The number of rotatable bonds is 6. The van der Waals surface area contributed by atoms with Crippen LogP contribution in [0.25, 0.3) is 0 Å². The van der Waals surface area contributed by atoms with Crippen LogP contribution < -0.4 is 4.90 Å². The standard InChI is InChI=1S/C28H40N2O5S/c1-18(2)23(26(32)29-13-15-35-16-14-29)30(25(31)20-9-7-19(3)8-10-20)22-17-21(11-12-28(4,5)6)36-24(22)27(33)34/h17-20,23H,7-10,13-16H2,1-6H3,(H,33,34)/t19?,20?,23-/m0/s1. The molecule has 0 spiro atoms. The van der Waals surface area contributed by atoms with Crippen molar-refractivity contribution in [3.05, 3.63) is 15.8 Å². The number of anilines is 1. The Labute approximate surface area is 219 Å². The molecule has 1 saturated carbocycles. The molecular formula is C28H40N2O5S. The number of carboxylic acid groups (broad SMARTS) is 1. The summed E-state index contributed by atoms with van der Waals surface area (Å²) in [4.78, 5) is 44.2. The Balaban J connectivity index is 2.11. The highest BCUT2D eigenvalue weighted by Crippen LogP contribution is 2.38. The van der Waals surface area contributed by atoms with E-state index in [9.17, 15) is 19.5 Å². The Hall–Kier alpha value is -2.37. The number of carbonyl (C=O) groups excluding carboxylic acids is 2. The molecule has 1 aromatic heterocycles. The van der Waals surface area contributed by atoms with Crippen LogP contribution in [0, 0.1) is 35.0 Å². The van der Waals surface area contributed by atoms with Gasteiger partial charge in [-0.3, -0.25) is 14.5 Å². The van der Waals surface area contributed by atoms with Gasteiger partial charge in [-0.1, -0.05) is 32.6 Å². The summed E-state index contributed by atoms with van der Waals surface area (Å²) in [6, 6.07) is 0.893. The molecule has 1 N–H and O–H groups in total. The largest absolute Gasteiger partial charge is 0.477 e. The maximum absolute atomic E-state index is 14.1. The van der Waals surface area contributed by atoms with E-state index in [-0.39, 0.29) is 39.6 Å². The van der Waals surface area contributed by atoms with Crippen molar-refractivity contribution in [2.75, 3.05) is 31.2 Å². The van der Waals surface area contributed by atoms with Crippen molar-refractivity contribution in [2.45, 2.75) is 73.3 Å². The van der Waals surface area contributed by atoms with E-state index in [1.165, 1.54) is 4.90 Å². The lowest BCUT2D eigenvalue weighted by molar-refractivity contribution is -0.140. The Morgan fingerprint density at radius 2 is 1.75 bits per heavy atom. The lowest BCUT2D eigenvalue weighted by Gasteiger charge is -2.40. The van der Waals surface area contributed by atoms with Crippen LogP contribution in [0.15, 0.2) is 6.07 Å². The minimum atomic E-state index is -1.12. The zero-order chi connectivity index (χ0) is 26.6. The summed E-state index contributed by atoms with van der Waals surface area (Å²) < 4.78 is 5.43. The number of hydrogen-bond acceptors (Lipinski definition) is 5. The van der Waals surface area contributed by atoms with Crippen molar-refractivity contribution >= 4 is 34.8 Å². The summed E-state index contributed by atoms with van der Waals surface area (Å²) in [6.07, 6.45) is 3.39. The van der Waals surface area contributed by atoms with Crippen LogP contribution >= 0.6 is 11.3 Å². The van der Waals surface area contributed by atoms with Crippen LogP contribution in [-0.2, 0) is 14.3 Å². The van der Waals surface area contributed by atoms with E-state index >= 15 is 0 Å². The quantitative estimate of drug-likeness (QED) is 0.544. The Morgan fingerprint density at radius 1 is 1.14 bits per heavy atom. The van der Waals surface area contributed by atoms with Crippen LogP contribution in [0.2, 0.25) is 0 Å². The average molecular weight is 517 g/mol. The van der Waals surface area contributed by atoms with Crippen molar-refractivity contribution in [1.82, 2.24) is 4.90 Å². The first kappa shape index (κ1) is 28.2. The summed E-state index contributed by atoms with van der Waals surface area (Å²) in [5, 5.41) is 10.1. The second-order valence-electron chi connectivity index (χ2n) is 11.4. The molecule has 1 saturated heterocycles. The molecule has 1 aliphatic carbocycles. The summed E-state index contributed by atoms with van der Waals surface area (Å²) in [5.41, 5.74) is 0.0314. The van der Waals surface area contributed by atoms with E-state index < -0.39 is 12.0 Å². The molecule has 198 valence electrons. The van der Waals surface area contributed by atoms with Crippen molar-refractivity contribution in [2.24, 2.45) is 23.2 Å². The van der Waals surface area contributed by atoms with Crippen LogP contribution in [-0.4, -0.2) is 60.1 Å². The number of carboxylic acids is 1. The molecule has 7 nitrogen and oxygen atoms in total. The van der Waals surface area contributed by atoms with Crippen molar-refractivity contribution in [3.63, 3.8) is 0 Å². The van der Waals surface area contributed by atoms with Gasteiger partial charge in [-0.15, -0.1) is 11.3 Å². The van der Waals surface area contributed by atoms with Gasteiger partial charge in [0.1, 0.15) is 10.9 Å². The minimum absolute atomic E-state index is 0.0474. The highest BCUT2D eigenvalue weighted by molar-refractivity contribution is 7.15. The van der Waals surface area contributed by atoms with Gasteiger partial charge < -0.3 is 14.7 Å². The summed E-state index contributed by atoms with van der Waals surface area (Å²) >= 11 is 1.07. The molecule has 3 rings (SSSR count). The number of ether oxygens (including phenoxy) is 1. The van der Waals surface area contributed by atoms with Gasteiger partial charge in [0.25, 0.3) is 0 Å². The molecule has 0 radical (unpaired) electrons. The zero-order valence-electron chi connectivity index (χ0n) is 22.4. The Kier molecular flexibility index (Phi) is 9.23. The lowest BCUT2D eigenvalue weighted by atomic mass is 9.81. The van der Waals surface area contributed by atoms with Gasteiger partial charge in [0.05, 0.1) is 23.8 Å². The maximum atomic E-state index is 14.1. The van der Waals surface area contributed by atoms with Gasteiger partial charge in [0.15, 0.2) is 0 Å². The van der Waals surface area contributed by atoms with E-state index in [4.69, 9.17) is 4.74 Å². The molecule has 1 aromatic rings. The van der Waals surface area contributed by atoms with Crippen molar-refractivity contribution < 1.29 is 24.2 Å². The molecule has 0 unspecified atom stereocenters. The number of nitrogens with zero attached hydrogens (tertiary/aromatic N) is 2. The number of carbonyl (C=O) groups is 3. The topological polar surface area (TPSA) is 87.2 Å². The predicted molar refractivity (Wildman–Crippen MR) is 142 cm³/mol. The highest BCUT2D eigenvalue weighted by atomic mass is 32.1. The molecular weight excluding hydrogens is 476 g/mol. The first-order chi connectivity index (χ1) is 16.9. The van der Waals surface area contributed by atoms with E-state index in [1.54, 1.807) is 11.0 Å². The Bertz CT molecular complexity index is 1010. The van der Waals surface area contributed by atoms with Gasteiger partial charge in [-0.25, -0.2) is 4.79 Å². The minimum Gasteiger partial charge on any atom is -0.477 e. The van der Waals surface area contributed by atoms with Gasteiger partial charge >= 0.3 is 5.97 Å². The molecule has 1 atom stereocenters. The smallest absolute Gasteiger partial charge is 0.348 e. The molecule has 2 heterocycles. The van der Waals surface area contributed by atoms with E-state index in [0.29, 0.717) is 37.1 Å². The molecule has 1 aliphatic heterocycles. The van der Waals surface area contributed by atoms with Crippen molar-refractivity contribution in [1.29, 1.82) is 0 Å². The first-order valence-electron chi connectivity index (χ1n) is 13.0. The molecule has 36 heavy (non-hydrogen) atoms. The predicted octanol–water partition coefficient (Wildman–Crippen LogP) is 4.89. The van der Waals surface area contributed by atoms with Crippen molar-refractivity contribution in [3.8, 4) is 11.8 Å². The zero-order valence-corrected chi connectivity index (χ0v) is 23.2. The van der Waals surface area contributed by atoms with Crippen LogP contribution in [0.3, 0.4) is 0 Å². The highest BCUT2D eigenvalue weighted by Gasteiger charge is 2.41. The third-order valence-electron chi connectivity index (χ3n) is 6.81. The normalized spacial score (nSPS) is 21.5. The third kappa shape index (κ3) is 6.89. The summed E-state index contributed by atoms with van der Waals surface area (Å²) in [6.45, 7) is 13.8. The summed E-state index contributed by atoms with van der Waals surface area (Å²) in [5.74, 6) is 4.95. The van der Waals surface area contributed by atoms with E-state index in [1.807, 2.05) is 34.6 Å². The van der Waals surface area contributed by atoms with Gasteiger partial charge in [-0.2, -0.15) is 0 Å². The monoisotopic (exact) mass is 516 g/mol. The SMILES string of the molecule is CC1CCC(C(=O)N(c2cc(C#CC(C)(C)C)sc2C(=O)O)[C@H](C(=O)N2CCOCC2)C(C)C)CC1. The number of hydrogen-bond donors (Lipinski definition) is 1. The van der Waals surface area contributed by atoms with E-state index in [2.05, 4.69) is 18.8 Å². The average Bonchev–Trinajstić information content (AvgIpc) is 3.25. The number of thiophene rings is 1. The fourth-order valence-corrected chi connectivity index (χ4v) is 5.64. The Morgan fingerprint density at radius 3 is 2.28 bits per heavy atom. The molecule has 2 aliphatic rings. The van der Waals surface area contributed by atoms with Crippen LogP contribution in [0.4, 0.5) is 5.69 Å². The molecule has 2 amide bonds. The second-order valence-corrected chi connectivity index (χ2v) is 12.5. The maximum Gasteiger partial charge on any atom is 0.348 e. The lowest BCUT2D eigenvalue weighted by Crippen LogP contribution is -2.57. The molecule has 0 aromatic carbocycles.